The minimum Gasteiger partial charge on any atom is -0.373 e. The van der Waals surface area contributed by atoms with Crippen molar-refractivity contribution in [2.24, 2.45) is 5.92 Å². The molecule has 0 amide bonds. The number of likely N-dealkylation sites (N-methyl/N-ethyl adjacent to an activating group) is 1. The van der Waals surface area contributed by atoms with Crippen molar-refractivity contribution in [2.75, 3.05) is 32.5 Å². The Balaban J connectivity index is 1.18. The molecule has 1 N–H and O–H groups in total. The third-order valence-electron chi connectivity index (χ3n) is 9.06. The lowest BCUT2D eigenvalue weighted by molar-refractivity contribution is -0.232. The van der Waals surface area contributed by atoms with Crippen molar-refractivity contribution in [1.82, 2.24) is 5.32 Å². The summed E-state index contributed by atoms with van der Waals surface area (Å²) in [6, 6.07) is 0. The largest absolute Gasteiger partial charge is 0.373 e. The fourth-order valence-corrected chi connectivity index (χ4v) is 9.70. The standard InChI is InChI=1S/C29H52NO8PS/c1-6-22-23(16-21(5)33-22)38-39(40,32-18-25-19(3)15-20(4)34-25)14-10-13-31-26-24(17-30-7-2)35-28-27(26)36-29(37-28)11-8-9-12-29/h19-28,30H,6-18H2,1-5H3/t19?,20?,21?,22?,23?,24-,25?,26+,27-,28-,39?/m1/s1. The molecule has 40 heavy (non-hydrogen) atoms. The van der Waals surface area contributed by atoms with Crippen LogP contribution in [0.3, 0.4) is 0 Å². The number of hydrogen-bond acceptors (Lipinski definition) is 10. The van der Waals surface area contributed by atoms with Gasteiger partial charge in [-0.3, -0.25) is 0 Å². The molecule has 0 bridgehead atoms. The highest BCUT2D eigenvalue weighted by atomic mass is 32.5. The molecule has 1 spiro atoms. The summed E-state index contributed by atoms with van der Waals surface area (Å²) in [7, 11) is 0. The smallest absolute Gasteiger partial charge is 0.190 e. The van der Waals surface area contributed by atoms with Crippen LogP contribution in [-0.2, 0) is 49.3 Å². The first kappa shape index (κ1) is 31.7. The Kier molecular flexibility index (Phi) is 11.0. The lowest BCUT2D eigenvalue weighted by Gasteiger charge is -2.30. The van der Waals surface area contributed by atoms with Gasteiger partial charge in [0.15, 0.2) is 18.6 Å². The van der Waals surface area contributed by atoms with Gasteiger partial charge in [-0.2, -0.15) is 0 Å². The van der Waals surface area contributed by atoms with Crippen LogP contribution in [0.15, 0.2) is 0 Å². The van der Waals surface area contributed by atoms with Crippen molar-refractivity contribution in [2.45, 2.75) is 147 Å². The summed E-state index contributed by atoms with van der Waals surface area (Å²) in [5.74, 6) is -0.0446. The van der Waals surface area contributed by atoms with Crippen LogP contribution in [-0.4, -0.2) is 93.4 Å². The van der Waals surface area contributed by atoms with Crippen LogP contribution in [0.25, 0.3) is 0 Å². The highest BCUT2D eigenvalue weighted by Gasteiger charge is 2.58. The summed E-state index contributed by atoms with van der Waals surface area (Å²) < 4.78 is 51.0. The van der Waals surface area contributed by atoms with E-state index in [9.17, 15) is 0 Å². The van der Waals surface area contributed by atoms with E-state index >= 15 is 0 Å². The van der Waals surface area contributed by atoms with Gasteiger partial charge in [0.05, 0.1) is 37.1 Å². The maximum Gasteiger partial charge on any atom is 0.190 e. The van der Waals surface area contributed by atoms with E-state index in [-0.39, 0.29) is 55.1 Å². The average molecular weight is 606 g/mol. The minimum atomic E-state index is -2.59. The molecule has 11 atom stereocenters. The highest BCUT2D eigenvalue weighted by molar-refractivity contribution is 8.09. The molecule has 9 nitrogen and oxygen atoms in total. The molecule has 4 aliphatic heterocycles. The lowest BCUT2D eigenvalue weighted by Crippen LogP contribution is -2.42. The van der Waals surface area contributed by atoms with Crippen LogP contribution in [0.1, 0.15) is 86.0 Å². The normalized spacial score (nSPS) is 42.1. The number of rotatable bonds is 14. The predicted octanol–water partition coefficient (Wildman–Crippen LogP) is 4.89. The van der Waals surface area contributed by atoms with E-state index in [1.807, 2.05) is 0 Å². The van der Waals surface area contributed by atoms with Gasteiger partial charge in [-0.15, -0.1) is 0 Å². The topological polar surface area (TPSA) is 85.9 Å². The number of ether oxygens (including phenoxy) is 6. The molecule has 4 heterocycles. The maximum absolute atomic E-state index is 6.66. The molecule has 5 aliphatic rings. The summed E-state index contributed by atoms with van der Waals surface area (Å²) in [6.45, 7) is 10.7. The lowest BCUT2D eigenvalue weighted by atomic mass is 10.0. The van der Waals surface area contributed by atoms with Gasteiger partial charge in [-0.25, -0.2) is 0 Å². The summed E-state index contributed by atoms with van der Waals surface area (Å²) in [4.78, 5) is 0. The molecule has 7 unspecified atom stereocenters. The van der Waals surface area contributed by atoms with Crippen molar-refractivity contribution in [3.05, 3.63) is 0 Å². The molecule has 5 fully saturated rings. The number of nitrogens with one attached hydrogen (secondary N) is 1. The average Bonchev–Trinajstić information content (AvgIpc) is 3.72. The van der Waals surface area contributed by atoms with Crippen LogP contribution < -0.4 is 5.32 Å². The van der Waals surface area contributed by atoms with Crippen molar-refractivity contribution >= 4 is 18.3 Å². The minimum absolute atomic E-state index is 0.0345. The first-order chi connectivity index (χ1) is 19.2. The maximum atomic E-state index is 6.66. The monoisotopic (exact) mass is 605 g/mol. The summed E-state index contributed by atoms with van der Waals surface area (Å²) in [5, 5.41) is 3.40. The highest BCUT2D eigenvalue weighted by Crippen LogP contribution is 2.53. The second-order valence-corrected chi connectivity index (χ2v) is 16.3. The summed E-state index contributed by atoms with van der Waals surface area (Å²) in [5.41, 5.74) is 0. The zero-order chi connectivity index (χ0) is 28.3. The molecular weight excluding hydrogens is 553 g/mol. The van der Waals surface area contributed by atoms with Gasteiger partial charge in [0.1, 0.15) is 18.3 Å². The van der Waals surface area contributed by atoms with E-state index in [1.165, 1.54) is 0 Å². The van der Waals surface area contributed by atoms with Crippen LogP contribution in [0.5, 0.6) is 0 Å². The van der Waals surface area contributed by atoms with Crippen LogP contribution in [0.2, 0.25) is 0 Å². The molecule has 0 aromatic rings. The van der Waals surface area contributed by atoms with Crippen molar-refractivity contribution in [3.63, 3.8) is 0 Å². The fraction of sp³-hybridized carbons (Fsp3) is 1.00. The van der Waals surface area contributed by atoms with Crippen LogP contribution >= 0.6 is 6.49 Å². The van der Waals surface area contributed by atoms with Gasteiger partial charge in [-0.1, -0.05) is 20.8 Å². The van der Waals surface area contributed by atoms with E-state index in [1.54, 1.807) is 0 Å². The Labute approximate surface area is 246 Å². The fourth-order valence-electron chi connectivity index (χ4n) is 6.98. The molecule has 0 radical (unpaired) electrons. The molecule has 4 saturated heterocycles. The van der Waals surface area contributed by atoms with Gasteiger partial charge in [-0.05, 0) is 70.2 Å². The molecule has 0 aromatic carbocycles. The zero-order valence-corrected chi connectivity index (χ0v) is 26.8. The third-order valence-corrected chi connectivity index (χ3v) is 12.2. The van der Waals surface area contributed by atoms with Gasteiger partial charge in [0.2, 0.25) is 0 Å². The van der Waals surface area contributed by atoms with Crippen LogP contribution in [0.4, 0.5) is 0 Å². The number of hydrogen-bond donors (Lipinski definition) is 1. The zero-order valence-electron chi connectivity index (χ0n) is 25.1. The Morgan fingerprint density at radius 1 is 0.950 bits per heavy atom. The molecule has 5 rings (SSSR count). The van der Waals surface area contributed by atoms with Gasteiger partial charge in [0.25, 0.3) is 0 Å². The second kappa shape index (κ2) is 13.9. The summed E-state index contributed by atoms with van der Waals surface area (Å²) >= 11 is 6.17. The van der Waals surface area contributed by atoms with E-state index in [0.717, 1.165) is 57.9 Å². The Morgan fingerprint density at radius 2 is 1.70 bits per heavy atom. The van der Waals surface area contributed by atoms with E-state index in [4.69, 9.17) is 49.3 Å². The number of fused-ring (bicyclic) bond motifs is 1. The Bertz CT molecular complexity index is 862. The molecule has 1 saturated carbocycles. The Hall–Kier alpha value is 0.290. The van der Waals surface area contributed by atoms with E-state index < -0.39 is 12.3 Å². The van der Waals surface area contributed by atoms with Gasteiger partial charge >= 0.3 is 0 Å². The predicted molar refractivity (Wildman–Crippen MR) is 156 cm³/mol. The molecule has 1 aliphatic carbocycles. The molecule has 232 valence electrons. The van der Waals surface area contributed by atoms with Crippen molar-refractivity contribution < 1.29 is 37.5 Å². The first-order valence-corrected chi connectivity index (χ1v) is 18.6. The first-order valence-electron chi connectivity index (χ1n) is 15.8. The van der Waals surface area contributed by atoms with Gasteiger partial charge < -0.3 is 42.8 Å². The third kappa shape index (κ3) is 7.49. The van der Waals surface area contributed by atoms with Crippen molar-refractivity contribution in [3.8, 4) is 0 Å². The second-order valence-electron chi connectivity index (χ2n) is 12.5. The quantitative estimate of drug-likeness (QED) is 0.218. The Morgan fingerprint density at radius 3 is 2.40 bits per heavy atom. The SMILES string of the molecule is CCNC[C@H]1O[C@@H]2OC3(CCCC3)O[C@@H]2[C@H]1OCCCP(=S)(OCC1OC(C)CC1C)OC1CC(C)OC1CC. The molecule has 0 aromatic heterocycles. The van der Waals surface area contributed by atoms with Gasteiger partial charge in [0, 0.05) is 38.6 Å². The van der Waals surface area contributed by atoms with E-state index in [0.29, 0.717) is 31.8 Å². The summed E-state index contributed by atoms with van der Waals surface area (Å²) in [6.07, 6.45) is 7.90. The van der Waals surface area contributed by atoms with Crippen LogP contribution in [0, 0.1) is 5.92 Å². The molecular formula is C29H52NO8PS. The van der Waals surface area contributed by atoms with Crippen molar-refractivity contribution in [1.29, 1.82) is 0 Å². The van der Waals surface area contributed by atoms with E-state index in [2.05, 4.69) is 39.9 Å². The molecule has 11 heteroatoms.